The third kappa shape index (κ3) is 2.06. The molecule has 3 nitrogen and oxygen atoms in total. The number of carboxylic acids is 1. The summed E-state index contributed by atoms with van der Waals surface area (Å²) in [4.78, 5) is 13.4. The summed E-state index contributed by atoms with van der Waals surface area (Å²) in [5.74, 6) is -1.03. The molecule has 1 aromatic heterocycles. The van der Waals surface area contributed by atoms with Crippen LogP contribution in [0, 0.1) is 0 Å². The third-order valence-electron chi connectivity index (χ3n) is 4.95. The van der Waals surface area contributed by atoms with Crippen LogP contribution in [-0.4, -0.2) is 16.2 Å². The lowest BCUT2D eigenvalue weighted by Crippen LogP contribution is -2.07. The van der Waals surface area contributed by atoms with Crippen molar-refractivity contribution in [1.82, 2.24) is 0 Å². The molecule has 1 unspecified atom stereocenters. The van der Waals surface area contributed by atoms with Gasteiger partial charge in [0.2, 0.25) is 0 Å². The largest absolute Gasteiger partial charge is 0.478 e. The number of hydrogen-bond donors (Lipinski definition) is 2. The van der Waals surface area contributed by atoms with Gasteiger partial charge in [0, 0.05) is 26.4 Å². The molecule has 3 aromatic carbocycles. The van der Waals surface area contributed by atoms with E-state index in [1.54, 1.807) is 18.2 Å². The molecule has 0 radical (unpaired) electrons. The molecule has 4 heteroatoms. The van der Waals surface area contributed by atoms with E-state index in [4.69, 9.17) is 0 Å². The van der Waals surface area contributed by atoms with Crippen LogP contribution in [0.25, 0.3) is 32.3 Å². The highest BCUT2D eigenvalue weighted by atomic mass is 32.1. The van der Waals surface area contributed by atoms with E-state index in [1.165, 1.54) is 39.3 Å². The molecule has 0 fully saturated rings. The van der Waals surface area contributed by atoms with E-state index in [9.17, 15) is 15.0 Å². The molecule has 1 aliphatic carbocycles. The van der Waals surface area contributed by atoms with Gasteiger partial charge in [-0.15, -0.1) is 11.3 Å². The first-order valence-electron chi connectivity index (χ1n) is 8.31. The van der Waals surface area contributed by atoms with Crippen LogP contribution in [0.5, 0.6) is 0 Å². The molecule has 1 aliphatic rings. The molecule has 0 spiro atoms. The minimum Gasteiger partial charge on any atom is -0.478 e. The lowest BCUT2D eigenvalue weighted by molar-refractivity contribution is 0.0691. The first-order valence-corrected chi connectivity index (χ1v) is 9.13. The molecule has 0 saturated heterocycles. The zero-order valence-electron chi connectivity index (χ0n) is 13.6. The molecule has 0 bridgehead atoms. The van der Waals surface area contributed by atoms with Gasteiger partial charge in [-0.1, -0.05) is 54.6 Å². The fourth-order valence-electron chi connectivity index (χ4n) is 3.78. The normalized spacial score (nSPS) is 13.0. The molecular weight excluding hydrogens is 344 g/mol. The Hall–Kier alpha value is -2.95. The van der Waals surface area contributed by atoms with Gasteiger partial charge in [-0.2, -0.15) is 0 Å². The smallest absolute Gasteiger partial charge is 0.336 e. The summed E-state index contributed by atoms with van der Waals surface area (Å²) < 4.78 is 0. The standard InChI is InChI=1S/C22H14O3S/c23-20(14-7-1-2-8-15(14)22(24)25)18-11-17-13-9-3-5-12-6-4-10-16(19(12)13)21(17)26-18/h1-11,20,23H,(H,24,25). The number of aliphatic hydroxyl groups is 1. The fourth-order valence-corrected chi connectivity index (χ4v) is 4.99. The van der Waals surface area contributed by atoms with Crippen molar-refractivity contribution in [2.75, 3.05) is 0 Å². The number of fused-ring (bicyclic) bond motifs is 3. The summed E-state index contributed by atoms with van der Waals surface area (Å²) in [6.07, 6.45) is -0.954. The van der Waals surface area contributed by atoms with E-state index in [1.807, 2.05) is 18.2 Å². The number of carbonyl (C=O) groups is 1. The monoisotopic (exact) mass is 358 g/mol. The lowest BCUT2D eigenvalue weighted by Gasteiger charge is -2.12. The van der Waals surface area contributed by atoms with Gasteiger partial charge in [0.05, 0.1) is 5.56 Å². The molecular formula is C22H14O3S. The minimum absolute atomic E-state index is 0.135. The van der Waals surface area contributed by atoms with E-state index in [0.717, 1.165) is 15.3 Å². The fraction of sp³-hybridized carbons (Fsp3) is 0.0455. The van der Waals surface area contributed by atoms with Crippen molar-refractivity contribution in [3.8, 4) is 21.6 Å². The average Bonchev–Trinajstić information content (AvgIpc) is 3.22. The molecule has 0 amide bonds. The summed E-state index contributed by atoms with van der Waals surface area (Å²) in [6.45, 7) is 0. The number of carboxylic acid groups (broad SMARTS) is 1. The number of rotatable bonds is 3. The molecule has 0 saturated carbocycles. The summed E-state index contributed by atoms with van der Waals surface area (Å²) in [5.41, 5.74) is 4.03. The van der Waals surface area contributed by atoms with Crippen molar-refractivity contribution in [2.24, 2.45) is 0 Å². The van der Waals surface area contributed by atoms with Crippen LogP contribution in [0.2, 0.25) is 0 Å². The zero-order valence-corrected chi connectivity index (χ0v) is 14.5. The minimum atomic E-state index is -1.03. The summed E-state index contributed by atoms with van der Waals surface area (Å²) in [7, 11) is 0. The number of aliphatic hydroxyl groups excluding tert-OH is 1. The maximum absolute atomic E-state index is 11.5. The first kappa shape index (κ1) is 15.3. The van der Waals surface area contributed by atoms with Crippen molar-refractivity contribution in [1.29, 1.82) is 0 Å². The van der Waals surface area contributed by atoms with Gasteiger partial charge < -0.3 is 10.2 Å². The van der Waals surface area contributed by atoms with Crippen LogP contribution in [-0.2, 0) is 0 Å². The summed E-state index contributed by atoms with van der Waals surface area (Å²) >= 11 is 1.53. The number of thiophene rings is 1. The van der Waals surface area contributed by atoms with Gasteiger partial charge in [0.1, 0.15) is 6.10 Å². The van der Waals surface area contributed by atoms with E-state index >= 15 is 0 Å². The van der Waals surface area contributed by atoms with Crippen LogP contribution in [0.4, 0.5) is 0 Å². The van der Waals surface area contributed by atoms with Crippen molar-refractivity contribution >= 4 is 28.1 Å². The van der Waals surface area contributed by atoms with Gasteiger partial charge in [0.15, 0.2) is 0 Å². The van der Waals surface area contributed by atoms with Gasteiger partial charge in [-0.05, 0) is 28.5 Å². The molecule has 2 N–H and O–H groups in total. The molecule has 1 atom stereocenters. The van der Waals surface area contributed by atoms with E-state index in [0.29, 0.717) is 5.56 Å². The molecule has 126 valence electrons. The van der Waals surface area contributed by atoms with E-state index in [-0.39, 0.29) is 5.56 Å². The Labute approximate surface area is 153 Å². The quantitative estimate of drug-likeness (QED) is 0.458. The molecule has 0 aliphatic heterocycles. The Morgan fingerprint density at radius 2 is 1.62 bits per heavy atom. The Morgan fingerprint density at radius 1 is 0.885 bits per heavy atom. The topological polar surface area (TPSA) is 57.5 Å². The van der Waals surface area contributed by atoms with E-state index in [2.05, 4.69) is 24.3 Å². The Bertz CT molecular complexity index is 1130. The van der Waals surface area contributed by atoms with Crippen molar-refractivity contribution in [2.45, 2.75) is 6.10 Å². The SMILES string of the molecule is O=C(O)c1ccccc1C(O)c1cc2c(s1)-c1cccc3cccc-2c13. The molecule has 5 rings (SSSR count). The first-order chi connectivity index (χ1) is 12.6. The van der Waals surface area contributed by atoms with Gasteiger partial charge in [-0.25, -0.2) is 4.79 Å². The van der Waals surface area contributed by atoms with Gasteiger partial charge in [-0.3, -0.25) is 0 Å². The van der Waals surface area contributed by atoms with Crippen molar-refractivity contribution < 1.29 is 15.0 Å². The predicted octanol–water partition coefficient (Wildman–Crippen LogP) is 5.33. The molecule has 26 heavy (non-hydrogen) atoms. The number of hydrogen-bond acceptors (Lipinski definition) is 3. The Morgan fingerprint density at radius 3 is 2.38 bits per heavy atom. The zero-order chi connectivity index (χ0) is 17.8. The van der Waals surface area contributed by atoms with Crippen LogP contribution < -0.4 is 0 Å². The molecule has 1 heterocycles. The van der Waals surface area contributed by atoms with Crippen LogP contribution in [0.15, 0.2) is 66.7 Å². The van der Waals surface area contributed by atoms with Crippen LogP contribution in [0.1, 0.15) is 26.9 Å². The highest BCUT2D eigenvalue weighted by molar-refractivity contribution is 7.16. The predicted molar refractivity (Wildman–Crippen MR) is 104 cm³/mol. The summed E-state index contributed by atoms with van der Waals surface area (Å²) in [5, 5.41) is 22.7. The van der Waals surface area contributed by atoms with E-state index < -0.39 is 12.1 Å². The number of aromatic carboxylic acids is 1. The maximum Gasteiger partial charge on any atom is 0.336 e. The van der Waals surface area contributed by atoms with Crippen molar-refractivity contribution in [3.63, 3.8) is 0 Å². The highest BCUT2D eigenvalue weighted by Gasteiger charge is 2.27. The van der Waals surface area contributed by atoms with Crippen LogP contribution >= 0.6 is 11.3 Å². The second kappa shape index (κ2) is 5.53. The van der Waals surface area contributed by atoms with Crippen molar-refractivity contribution in [3.05, 3.63) is 82.7 Å². The van der Waals surface area contributed by atoms with Gasteiger partial charge in [0.25, 0.3) is 0 Å². The van der Waals surface area contributed by atoms with Gasteiger partial charge >= 0.3 is 5.97 Å². The molecule has 4 aromatic rings. The number of benzene rings is 3. The second-order valence-corrected chi connectivity index (χ2v) is 7.48. The van der Waals surface area contributed by atoms with Crippen LogP contribution in [0.3, 0.4) is 0 Å². The Balaban J connectivity index is 1.66. The highest BCUT2D eigenvalue weighted by Crippen LogP contribution is 2.52. The lowest BCUT2D eigenvalue weighted by atomic mass is 10.00. The maximum atomic E-state index is 11.5. The average molecular weight is 358 g/mol. The summed E-state index contributed by atoms with van der Waals surface area (Å²) in [6, 6.07) is 21.1. The second-order valence-electron chi connectivity index (χ2n) is 6.40. The third-order valence-corrected chi connectivity index (χ3v) is 6.17. The Kier molecular flexibility index (Phi) is 3.26.